The number of nitrogens with one attached hydrogen (secondary N) is 2. The first-order valence-electron chi connectivity index (χ1n) is 5.72. The molecule has 0 saturated heterocycles. The van der Waals surface area contributed by atoms with Crippen molar-refractivity contribution in [2.75, 3.05) is 23.3 Å². The lowest BCUT2D eigenvalue weighted by Gasteiger charge is -2.08. The highest BCUT2D eigenvalue weighted by atomic mass is 32.2. The van der Waals surface area contributed by atoms with Gasteiger partial charge in [-0.3, -0.25) is 19.9 Å². The largest absolute Gasteiger partial charge is 0.397 e. The third kappa shape index (κ3) is 3.47. The number of carbonyl (C=O) groups excluding carboxylic acids is 2. The molecule has 0 unspecified atom stereocenters. The van der Waals surface area contributed by atoms with Crippen LogP contribution in [0, 0.1) is 6.92 Å². The van der Waals surface area contributed by atoms with Crippen molar-refractivity contribution in [3.8, 4) is 0 Å². The number of anilines is 2. The number of benzene rings is 1. The Balaban J connectivity index is 1.98. The fourth-order valence-corrected chi connectivity index (χ4v) is 2.26. The molecule has 1 aromatic carbocycles. The van der Waals surface area contributed by atoms with Gasteiger partial charge in [0.05, 0.1) is 17.9 Å². The van der Waals surface area contributed by atoms with E-state index in [1.54, 1.807) is 18.2 Å². The van der Waals surface area contributed by atoms with E-state index in [1.807, 2.05) is 6.92 Å². The highest BCUT2D eigenvalue weighted by Crippen LogP contribution is 2.19. The third-order valence-corrected chi connectivity index (χ3v) is 3.36. The fraction of sp³-hybridized carbons (Fsp3) is 0.250. The van der Waals surface area contributed by atoms with Gasteiger partial charge in [0, 0.05) is 5.75 Å². The molecule has 7 heteroatoms. The fourth-order valence-electron chi connectivity index (χ4n) is 1.54. The zero-order valence-electron chi connectivity index (χ0n) is 10.4. The number of nitrogens with two attached hydrogens (primary N) is 1. The van der Waals surface area contributed by atoms with Crippen molar-refractivity contribution >= 4 is 40.1 Å². The van der Waals surface area contributed by atoms with E-state index < -0.39 is 11.8 Å². The Labute approximate surface area is 114 Å². The first kappa shape index (κ1) is 13.4. The van der Waals surface area contributed by atoms with E-state index in [0.29, 0.717) is 23.1 Å². The smallest absolute Gasteiger partial charge is 0.315 e. The van der Waals surface area contributed by atoms with Gasteiger partial charge in [-0.05, 0) is 24.6 Å². The Hall–Kier alpha value is -2.02. The second kappa shape index (κ2) is 5.75. The Bertz CT molecular complexity index is 557. The maximum atomic E-state index is 11.7. The molecule has 19 heavy (non-hydrogen) atoms. The van der Waals surface area contributed by atoms with Crippen molar-refractivity contribution in [1.82, 2.24) is 5.32 Å². The number of rotatable bonds is 1. The molecular weight excluding hydrogens is 264 g/mol. The molecule has 0 atom stereocenters. The van der Waals surface area contributed by atoms with Crippen molar-refractivity contribution < 1.29 is 9.59 Å². The molecule has 1 aliphatic rings. The van der Waals surface area contributed by atoms with Gasteiger partial charge in [0.1, 0.15) is 0 Å². The number of nitrogens with zero attached hydrogens (tertiary/aromatic N) is 1. The minimum absolute atomic E-state index is 0.423. The van der Waals surface area contributed by atoms with E-state index in [2.05, 4.69) is 15.6 Å². The lowest BCUT2D eigenvalue weighted by atomic mass is 10.2. The van der Waals surface area contributed by atoms with Crippen LogP contribution in [-0.2, 0) is 9.59 Å². The molecule has 0 spiro atoms. The second-order valence-corrected chi connectivity index (χ2v) is 5.12. The topological polar surface area (TPSA) is 96.6 Å². The van der Waals surface area contributed by atoms with Crippen LogP contribution in [-0.4, -0.2) is 29.3 Å². The summed E-state index contributed by atoms with van der Waals surface area (Å²) < 4.78 is 0. The van der Waals surface area contributed by atoms with Gasteiger partial charge in [0.15, 0.2) is 5.17 Å². The van der Waals surface area contributed by atoms with Crippen LogP contribution in [0.4, 0.5) is 11.4 Å². The van der Waals surface area contributed by atoms with Gasteiger partial charge in [-0.25, -0.2) is 0 Å². The summed E-state index contributed by atoms with van der Waals surface area (Å²) in [4.78, 5) is 27.4. The highest BCUT2D eigenvalue weighted by molar-refractivity contribution is 8.14. The van der Waals surface area contributed by atoms with Crippen molar-refractivity contribution in [1.29, 1.82) is 0 Å². The van der Waals surface area contributed by atoms with Crippen LogP contribution in [0.2, 0.25) is 0 Å². The molecule has 1 heterocycles. The van der Waals surface area contributed by atoms with Gasteiger partial charge in [-0.15, -0.1) is 0 Å². The standard InChI is InChI=1S/C12H14N4O2S/c1-7-2-3-9(8(13)6-7)15-10(17)11(18)16-12-14-4-5-19-12/h2-3,6H,4-5,13H2,1H3,(H,15,17)(H,14,16,18). The van der Waals surface area contributed by atoms with Gasteiger partial charge in [0.25, 0.3) is 0 Å². The predicted octanol–water partition coefficient (Wildman–Crippen LogP) is 0.735. The SMILES string of the molecule is Cc1ccc(NC(=O)C(=O)NC2=NCCS2)c(N)c1. The maximum Gasteiger partial charge on any atom is 0.315 e. The molecule has 0 bridgehead atoms. The summed E-state index contributed by atoms with van der Waals surface area (Å²) in [5.41, 5.74) is 7.59. The van der Waals surface area contributed by atoms with E-state index in [4.69, 9.17) is 5.73 Å². The number of nitrogen functional groups attached to an aromatic ring is 1. The van der Waals surface area contributed by atoms with Crippen LogP contribution >= 0.6 is 11.8 Å². The molecule has 4 N–H and O–H groups in total. The maximum absolute atomic E-state index is 11.7. The van der Waals surface area contributed by atoms with Crippen LogP contribution in [0.25, 0.3) is 0 Å². The minimum atomic E-state index is -0.759. The predicted molar refractivity (Wildman–Crippen MR) is 77.1 cm³/mol. The van der Waals surface area contributed by atoms with Crippen molar-refractivity contribution in [3.05, 3.63) is 23.8 Å². The molecular formula is C12H14N4O2S. The number of hydrogen-bond donors (Lipinski definition) is 3. The summed E-state index contributed by atoms with van der Waals surface area (Å²) in [5, 5.41) is 5.41. The zero-order valence-corrected chi connectivity index (χ0v) is 11.2. The Morgan fingerprint density at radius 3 is 2.68 bits per heavy atom. The molecule has 2 rings (SSSR count). The Morgan fingerprint density at radius 1 is 1.32 bits per heavy atom. The lowest BCUT2D eigenvalue weighted by Crippen LogP contribution is -2.37. The van der Waals surface area contributed by atoms with Crippen LogP contribution in [0.15, 0.2) is 23.2 Å². The summed E-state index contributed by atoms with van der Waals surface area (Å²) in [6, 6.07) is 5.20. The van der Waals surface area contributed by atoms with Crippen molar-refractivity contribution in [2.24, 2.45) is 4.99 Å². The summed E-state index contributed by atoms with van der Waals surface area (Å²) in [5.74, 6) is -0.679. The van der Waals surface area contributed by atoms with Crippen molar-refractivity contribution in [3.63, 3.8) is 0 Å². The van der Waals surface area contributed by atoms with E-state index in [1.165, 1.54) is 11.8 Å². The first-order chi connectivity index (χ1) is 9.06. The summed E-state index contributed by atoms with van der Waals surface area (Å²) >= 11 is 1.41. The summed E-state index contributed by atoms with van der Waals surface area (Å²) in [7, 11) is 0. The molecule has 0 aliphatic carbocycles. The average molecular weight is 278 g/mol. The second-order valence-electron chi connectivity index (χ2n) is 4.03. The van der Waals surface area contributed by atoms with E-state index in [0.717, 1.165) is 11.3 Å². The molecule has 1 aromatic rings. The monoisotopic (exact) mass is 278 g/mol. The van der Waals surface area contributed by atoms with Crippen LogP contribution in [0.1, 0.15) is 5.56 Å². The minimum Gasteiger partial charge on any atom is -0.397 e. The van der Waals surface area contributed by atoms with Gasteiger partial charge < -0.3 is 11.1 Å². The van der Waals surface area contributed by atoms with Crippen molar-refractivity contribution in [2.45, 2.75) is 6.92 Å². The zero-order chi connectivity index (χ0) is 13.8. The third-order valence-electron chi connectivity index (χ3n) is 2.47. The molecule has 0 aromatic heterocycles. The van der Waals surface area contributed by atoms with Gasteiger partial charge >= 0.3 is 11.8 Å². The summed E-state index contributed by atoms with van der Waals surface area (Å²) in [6.45, 7) is 2.55. The number of aryl methyl sites for hydroxylation is 1. The van der Waals surface area contributed by atoms with Gasteiger partial charge in [-0.2, -0.15) is 0 Å². The highest BCUT2D eigenvalue weighted by Gasteiger charge is 2.18. The van der Waals surface area contributed by atoms with Crippen LogP contribution < -0.4 is 16.4 Å². The molecule has 0 radical (unpaired) electrons. The molecule has 0 saturated carbocycles. The molecule has 100 valence electrons. The number of thioether (sulfide) groups is 1. The Morgan fingerprint density at radius 2 is 2.05 bits per heavy atom. The normalized spacial score (nSPS) is 13.8. The molecule has 6 nitrogen and oxygen atoms in total. The number of amidine groups is 1. The van der Waals surface area contributed by atoms with Gasteiger partial charge in [-0.1, -0.05) is 17.8 Å². The molecule has 0 fully saturated rings. The van der Waals surface area contributed by atoms with Crippen LogP contribution in [0.3, 0.4) is 0 Å². The Kier molecular flexibility index (Phi) is 4.06. The number of carbonyl (C=O) groups is 2. The van der Waals surface area contributed by atoms with E-state index in [9.17, 15) is 9.59 Å². The summed E-state index contributed by atoms with van der Waals surface area (Å²) in [6.07, 6.45) is 0. The molecule has 2 amide bonds. The number of amides is 2. The molecule has 1 aliphatic heterocycles. The van der Waals surface area contributed by atoms with Gasteiger partial charge in [0.2, 0.25) is 0 Å². The van der Waals surface area contributed by atoms with E-state index >= 15 is 0 Å². The number of aliphatic imine (C=N–C) groups is 1. The lowest BCUT2D eigenvalue weighted by molar-refractivity contribution is -0.135. The average Bonchev–Trinajstić information content (AvgIpc) is 2.85. The first-order valence-corrected chi connectivity index (χ1v) is 6.70. The number of hydrogen-bond acceptors (Lipinski definition) is 5. The van der Waals surface area contributed by atoms with E-state index in [-0.39, 0.29) is 0 Å². The quantitative estimate of drug-likeness (QED) is 0.521. The van der Waals surface area contributed by atoms with Crippen LogP contribution in [0.5, 0.6) is 0 Å².